The second-order valence-electron chi connectivity index (χ2n) is 6.82. The SMILES string of the molecule is O=C(Nc1cc(F)c(N2CC3(COC3)C2)c(F)c1)OCc1ccccc1. The van der Waals surface area contributed by atoms with Crippen LogP contribution < -0.4 is 10.2 Å². The highest BCUT2D eigenvalue weighted by molar-refractivity contribution is 5.85. The molecule has 4 rings (SSSR count). The van der Waals surface area contributed by atoms with E-state index in [4.69, 9.17) is 9.47 Å². The Morgan fingerprint density at radius 1 is 1.15 bits per heavy atom. The van der Waals surface area contributed by atoms with Gasteiger partial charge in [0.1, 0.15) is 12.3 Å². The number of anilines is 2. The smallest absolute Gasteiger partial charge is 0.411 e. The van der Waals surface area contributed by atoms with Crippen LogP contribution in [0.1, 0.15) is 5.56 Å². The number of ether oxygens (including phenoxy) is 2. The highest BCUT2D eigenvalue weighted by Crippen LogP contribution is 2.42. The molecule has 0 aliphatic carbocycles. The quantitative estimate of drug-likeness (QED) is 0.906. The van der Waals surface area contributed by atoms with Crippen molar-refractivity contribution in [3.05, 3.63) is 59.7 Å². The van der Waals surface area contributed by atoms with Gasteiger partial charge in [-0.05, 0) is 17.7 Å². The minimum Gasteiger partial charge on any atom is -0.444 e. The summed E-state index contributed by atoms with van der Waals surface area (Å²) in [6, 6.07) is 11.3. The molecule has 7 heteroatoms. The number of nitrogens with zero attached hydrogens (tertiary/aromatic N) is 1. The normalized spacial score (nSPS) is 17.4. The molecule has 2 saturated heterocycles. The molecule has 2 aromatic carbocycles. The number of hydrogen-bond acceptors (Lipinski definition) is 4. The van der Waals surface area contributed by atoms with E-state index in [1.54, 1.807) is 4.90 Å². The van der Waals surface area contributed by atoms with Crippen LogP contribution in [0, 0.1) is 17.0 Å². The molecular formula is C19H18F2N2O3. The molecule has 0 atom stereocenters. The fourth-order valence-corrected chi connectivity index (χ4v) is 3.31. The Morgan fingerprint density at radius 2 is 1.81 bits per heavy atom. The van der Waals surface area contributed by atoms with Crippen molar-refractivity contribution < 1.29 is 23.0 Å². The molecule has 2 heterocycles. The number of carbonyl (C=O) groups excluding carboxylic acids is 1. The molecule has 1 amide bonds. The zero-order chi connectivity index (χ0) is 18.1. The Hall–Kier alpha value is -2.67. The lowest BCUT2D eigenvalue weighted by Crippen LogP contribution is -2.66. The van der Waals surface area contributed by atoms with Crippen LogP contribution in [0.4, 0.5) is 25.0 Å². The predicted molar refractivity (Wildman–Crippen MR) is 92.1 cm³/mol. The lowest BCUT2D eigenvalue weighted by molar-refractivity contribution is -0.127. The Labute approximate surface area is 149 Å². The average molecular weight is 360 g/mol. The zero-order valence-corrected chi connectivity index (χ0v) is 14.0. The third kappa shape index (κ3) is 3.22. The average Bonchev–Trinajstić information content (AvgIpc) is 2.53. The summed E-state index contributed by atoms with van der Waals surface area (Å²) in [4.78, 5) is 13.5. The van der Waals surface area contributed by atoms with Gasteiger partial charge in [0.2, 0.25) is 0 Å². The second-order valence-corrected chi connectivity index (χ2v) is 6.82. The Kier molecular flexibility index (Phi) is 4.24. The van der Waals surface area contributed by atoms with E-state index < -0.39 is 17.7 Å². The summed E-state index contributed by atoms with van der Waals surface area (Å²) < 4.78 is 38.9. The molecule has 1 spiro atoms. The van der Waals surface area contributed by atoms with Gasteiger partial charge in [0, 0.05) is 18.8 Å². The maximum absolute atomic E-state index is 14.4. The van der Waals surface area contributed by atoms with Crippen molar-refractivity contribution in [3.8, 4) is 0 Å². The van der Waals surface area contributed by atoms with Crippen molar-refractivity contribution >= 4 is 17.5 Å². The monoisotopic (exact) mass is 360 g/mol. The van der Waals surface area contributed by atoms with Crippen LogP contribution in [0.3, 0.4) is 0 Å². The summed E-state index contributed by atoms with van der Waals surface area (Å²) >= 11 is 0. The van der Waals surface area contributed by atoms with Gasteiger partial charge in [-0.3, -0.25) is 5.32 Å². The van der Waals surface area contributed by atoms with Crippen molar-refractivity contribution in [2.24, 2.45) is 5.41 Å². The molecule has 0 radical (unpaired) electrons. The number of amides is 1. The van der Waals surface area contributed by atoms with Crippen molar-refractivity contribution in [2.75, 3.05) is 36.5 Å². The Bertz CT molecular complexity index is 794. The first-order valence-corrected chi connectivity index (χ1v) is 8.34. The molecular weight excluding hydrogens is 342 g/mol. The highest BCUT2D eigenvalue weighted by atomic mass is 19.1. The van der Waals surface area contributed by atoms with Gasteiger partial charge in [-0.2, -0.15) is 0 Å². The molecule has 0 aromatic heterocycles. The summed E-state index contributed by atoms with van der Waals surface area (Å²) in [7, 11) is 0. The minimum absolute atomic E-state index is 0.0176. The van der Waals surface area contributed by atoms with Crippen LogP contribution in [0.25, 0.3) is 0 Å². The van der Waals surface area contributed by atoms with E-state index in [0.29, 0.717) is 26.3 Å². The topological polar surface area (TPSA) is 50.8 Å². The zero-order valence-electron chi connectivity index (χ0n) is 14.0. The van der Waals surface area contributed by atoms with E-state index >= 15 is 0 Å². The van der Waals surface area contributed by atoms with Gasteiger partial charge >= 0.3 is 6.09 Å². The van der Waals surface area contributed by atoms with E-state index in [9.17, 15) is 13.6 Å². The number of rotatable bonds is 4. The maximum atomic E-state index is 14.4. The van der Waals surface area contributed by atoms with Crippen LogP contribution in [-0.2, 0) is 16.1 Å². The number of hydrogen-bond donors (Lipinski definition) is 1. The number of benzene rings is 2. The van der Waals surface area contributed by atoms with Gasteiger partial charge in [0.05, 0.1) is 18.6 Å². The molecule has 0 saturated carbocycles. The summed E-state index contributed by atoms with van der Waals surface area (Å²) in [5.74, 6) is -1.42. The standard InChI is InChI=1S/C19H18F2N2O3/c20-15-6-14(22-18(24)26-8-13-4-2-1-3-5-13)7-16(21)17(15)23-9-19(10-23)11-25-12-19/h1-7H,8-12H2,(H,22,24). The highest BCUT2D eigenvalue weighted by Gasteiger charge is 2.50. The van der Waals surface area contributed by atoms with Crippen molar-refractivity contribution in [2.45, 2.75) is 6.61 Å². The van der Waals surface area contributed by atoms with E-state index in [2.05, 4.69) is 5.32 Å². The second kappa shape index (κ2) is 6.57. The third-order valence-corrected chi connectivity index (χ3v) is 4.66. The Morgan fingerprint density at radius 3 is 2.38 bits per heavy atom. The molecule has 2 fully saturated rings. The van der Waals surface area contributed by atoms with Crippen LogP contribution in [0.15, 0.2) is 42.5 Å². The molecule has 2 aromatic rings. The predicted octanol–water partition coefficient (Wildman–Crippen LogP) is 3.55. The van der Waals surface area contributed by atoms with Gasteiger partial charge in [0.25, 0.3) is 0 Å². The van der Waals surface area contributed by atoms with Gasteiger partial charge in [-0.1, -0.05) is 30.3 Å². The van der Waals surface area contributed by atoms with Gasteiger partial charge in [-0.15, -0.1) is 0 Å². The van der Waals surface area contributed by atoms with Crippen molar-refractivity contribution in [1.82, 2.24) is 0 Å². The first kappa shape index (κ1) is 16.8. The fraction of sp³-hybridized carbons (Fsp3) is 0.316. The van der Waals surface area contributed by atoms with E-state index in [1.807, 2.05) is 30.3 Å². The molecule has 5 nitrogen and oxygen atoms in total. The molecule has 1 N–H and O–H groups in total. The van der Waals surface area contributed by atoms with E-state index in [1.165, 1.54) is 0 Å². The first-order chi connectivity index (χ1) is 12.5. The summed E-state index contributed by atoms with van der Waals surface area (Å²) in [5, 5.41) is 2.35. The van der Waals surface area contributed by atoms with Gasteiger partial charge in [-0.25, -0.2) is 13.6 Å². The summed E-state index contributed by atoms with van der Waals surface area (Å²) in [6.45, 7) is 2.51. The molecule has 2 aliphatic rings. The number of halogens is 2. The molecule has 136 valence electrons. The van der Waals surface area contributed by atoms with Crippen LogP contribution >= 0.6 is 0 Å². The summed E-state index contributed by atoms with van der Waals surface area (Å²) in [6.07, 6.45) is -0.769. The minimum atomic E-state index is -0.769. The number of carbonyl (C=O) groups is 1. The van der Waals surface area contributed by atoms with E-state index in [0.717, 1.165) is 17.7 Å². The fourth-order valence-electron chi connectivity index (χ4n) is 3.31. The molecule has 2 aliphatic heterocycles. The van der Waals surface area contributed by atoms with E-state index in [-0.39, 0.29) is 23.4 Å². The van der Waals surface area contributed by atoms with Crippen LogP contribution in [0.2, 0.25) is 0 Å². The largest absolute Gasteiger partial charge is 0.444 e. The maximum Gasteiger partial charge on any atom is 0.411 e. The van der Waals surface area contributed by atoms with Crippen molar-refractivity contribution in [3.63, 3.8) is 0 Å². The lowest BCUT2D eigenvalue weighted by Gasteiger charge is -2.55. The van der Waals surface area contributed by atoms with Gasteiger partial charge in [0.15, 0.2) is 11.6 Å². The van der Waals surface area contributed by atoms with Crippen LogP contribution in [-0.4, -0.2) is 32.4 Å². The number of nitrogens with one attached hydrogen (secondary N) is 1. The molecule has 26 heavy (non-hydrogen) atoms. The summed E-state index contributed by atoms with van der Waals surface area (Å²) in [5.41, 5.74) is 0.827. The molecule has 0 bridgehead atoms. The van der Waals surface area contributed by atoms with Crippen molar-refractivity contribution in [1.29, 1.82) is 0 Å². The third-order valence-electron chi connectivity index (χ3n) is 4.66. The Balaban J connectivity index is 1.37. The van der Waals surface area contributed by atoms with Gasteiger partial charge < -0.3 is 14.4 Å². The lowest BCUT2D eigenvalue weighted by atomic mass is 9.77. The van der Waals surface area contributed by atoms with Crippen LogP contribution in [0.5, 0.6) is 0 Å². The first-order valence-electron chi connectivity index (χ1n) is 8.34. The molecule has 0 unspecified atom stereocenters.